The summed E-state index contributed by atoms with van der Waals surface area (Å²) >= 11 is 0. The van der Waals surface area contributed by atoms with Gasteiger partial charge >= 0.3 is 5.97 Å². The van der Waals surface area contributed by atoms with Crippen molar-refractivity contribution in [2.75, 3.05) is 23.7 Å². The molecule has 4 N–H and O–H groups in total. The molecule has 1 aliphatic rings. The SMILES string of the molecule is O=C(O)CC(Oc1ccc(NC(=O)c2ccc(NC3=NCCN3)cc2)cc1)c1cccnc1. The Morgan fingerprint density at radius 1 is 1.06 bits per heavy atom. The fraction of sp³-hybridized carbons (Fsp3) is 0.167. The van der Waals surface area contributed by atoms with Gasteiger partial charge in [0.2, 0.25) is 0 Å². The molecule has 0 fully saturated rings. The van der Waals surface area contributed by atoms with Crippen molar-refractivity contribution >= 4 is 29.2 Å². The number of carboxylic acid groups (broad SMARTS) is 1. The second-order valence-corrected chi connectivity index (χ2v) is 7.33. The number of nitrogens with zero attached hydrogens (tertiary/aromatic N) is 2. The Kier molecular flexibility index (Phi) is 6.79. The Balaban J connectivity index is 1.36. The molecule has 0 radical (unpaired) electrons. The summed E-state index contributed by atoms with van der Waals surface area (Å²) in [7, 11) is 0. The third-order valence-corrected chi connectivity index (χ3v) is 4.89. The van der Waals surface area contributed by atoms with E-state index in [9.17, 15) is 14.7 Å². The molecule has 2 aromatic carbocycles. The first-order chi connectivity index (χ1) is 16.1. The maximum absolute atomic E-state index is 12.6. The number of hydrogen-bond acceptors (Lipinski definition) is 7. The van der Waals surface area contributed by atoms with Crippen LogP contribution >= 0.6 is 0 Å². The lowest BCUT2D eigenvalue weighted by Gasteiger charge is -2.18. The van der Waals surface area contributed by atoms with Crippen molar-refractivity contribution in [3.05, 3.63) is 84.2 Å². The van der Waals surface area contributed by atoms with Crippen LogP contribution in [0.4, 0.5) is 11.4 Å². The zero-order valence-corrected chi connectivity index (χ0v) is 17.7. The van der Waals surface area contributed by atoms with Crippen molar-refractivity contribution < 1.29 is 19.4 Å². The van der Waals surface area contributed by atoms with Crippen LogP contribution in [0.1, 0.15) is 28.4 Å². The van der Waals surface area contributed by atoms with Crippen LogP contribution in [0.2, 0.25) is 0 Å². The molecular weight excluding hydrogens is 422 g/mol. The van der Waals surface area contributed by atoms with Crippen LogP contribution < -0.4 is 20.7 Å². The summed E-state index contributed by atoms with van der Waals surface area (Å²) in [5.41, 5.74) is 2.62. The van der Waals surface area contributed by atoms with Gasteiger partial charge in [-0.2, -0.15) is 0 Å². The molecule has 1 amide bonds. The first-order valence-corrected chi connectivity index (χ1v) is 10.4. The minimum Gasteiger partial charge on any atom is -0.485 e. The standard InChI is InChI=1S/C24H23N5O4/c30-22(31)14-21(17-2-1-11-25-15-17)33-20-9-7-18(8-10-20)28-23(32)16-3-5-19(6-4-16)29-24-26-12-13-27-24/h1-11,15,21H,12-14H2,(H,28,32)(H,30,31)(H2,26,27,29). The molecular formula is C24H23N5O4. The highest BCUT2D eigenvalue weighted by Crippen LogP contribution is 2.26. The first kappa shape index (κ1) is 21.8. The van der Waals surface area contributed by atoms with Crippen LogP contribution in [-0.2, 0) is 4.79 Å². The number of guanidine groups is 1. The van der Waals surface area contributed by atoms with Gasteiger partial charge in [0.1, 0.15) is 11.9 Å². The second kappa shape index (κ2) is 10.3. The average Bonchev–Trinajstić information content (AvgIpc) is 3.34. The van der Waals surface area contributed by atoms with E-state index in [1.807, 2.05) is 12.1 Å². The highest BCUT2D eigenvalue weighted by atomic mass is 16.5. The Bertz CT molecular complexity index is 1130. The summed E-state index contributed by atoms with van der Waals surface area (Å²) in [5, 5.41) is 18.3. The van der Waals surface area contributed by atoms with Crippen LogP contribution in [0.15, 0.2) is 78.0 Å². The number of aliphatic carboxylic acids is 1. The minimum atomic E-state index is -0.971. The van der Waals surface area contributed by atoms with Crippen molar-refractivity contribution in [1.29, 1.82) is 0 Å². The van der Waals surface area contributed by atoms with Crippen LogP contribution in [-0.4, -0.2) is 41.0 Å². The highest BCUT2D eigenvalue weighted by Gasteiger charge is 2.18. The second-order valence-electron chi connectivity index (χ2n) is 7.33. The molecule has 0 saturated carbocycles. The monoisotopic (exact) mass is 445 g/mol. The lowest BCUT2D eigenvalue weighted by molar-refractivity contribution is -0.138. The fourth-order valence-corrected chi connectivity index (χ4v) is 3.26. The summed E-state index contributed by atoms with van der Waals surface area (Å²) in [6.07, 6.45) is 2.33. The molecule has 2 heterocycles. The summed E-state index contributed by atoms with van der Waals surface area (Å²) in [4.78, 5) is 32.1. The van der Waals surface area contributed by atoms with Crippen LogP contribution in [0, 0.1) is 0 Å². The number of aromatic nitrogens is 1. The van der Waals surface area contributed by atoms with E-state index < -0.39 is 12.1 Å². The van der Waals surface area contributed by atoms with Crippen molar-refractivity contribution in [2.24, 2.45) is 4.99 Å². The van der Waals surface area contributed by atoms with Gasteiger partial charge < -0.3 is 25.8 Å². The number of benzene rings is 2. The number of anilines is 2. The highest BCUT2D eigenvalue weighted by molar-refractivity contribution is 6.04. The number of ether oxygens (including phenoxy) is 1. The van der Waals surface area contributed by atoms with Gasteiger partial charge in [-0.15, -0.1) is 0 Å². The predicted octanol–water partition coefficient (Wildman–Crippen LogP) is 3.30. The van der Waals surface area contributed by atoms with Gasteiger partial charge in [-0.1, -0.05) is 6.07 Å². The van der Waals surface area contributed by atoms with Crippen molar-refractivity contribution in [2.45, 2.75) is 12.5 Å². The predicted molar refractivity (Wildman–Crippen MR) is 125 cm³/mol. The van der Waals surface area contributed by atoms with Gasteiger partial charge in [-0.25, -0.2) is 0 Å². The van der Waals surface area contributed by atoms with Gasteiger partial charge in [0, 0.05) is 41.4 Å². The van der Waals surface area contributed by atoms with E-state index in [0.29, 0.717) is 22.6 Å². The van der Waals surface area contributed by atoms with Crippen molar-refractivity contribution in [3.63, 3.8) is 0 Å². The third kappa shape index (κ3) is 6.07. The fourth-order valence-electron chi connectivity index (χ4n) is 3.26. The molecule has 9 nitrogen and oxygen atoms in total. The number of hydrogen-bond donors (Lipinski definition) is 4. The summed E-state index contributed by atoms with van der Waals surface area (Å²) in [6.45, 7) is 1.56. The maximum atomic E-state index is 12.6. The van der Waals surface area contributed by atoms with E-state index in [2.05, 4.69) is 25.9 Å². The number of rotatable bonds is 8. The molecule has 1 atom stereocenters. The molecule has 33 heavy (non-hydrogen) atoms. The number of carboxylic acids is 1. The Morgan fingerprint density at radius 3 is 2.45 bits per heavy atom. The van der Waals surface area contributed by atoms with Crippen molar-refractivity contribution in [3.8, 4) is 5.75 Å². The van der Waals surface area contributed by atoms with Crippen LogP contribution in [0.3, 0.4) is 0 Å². The lowest BCUT2D eigenvalue weighted by atomic mass is 10.1. The van der Waals surface area contributed by atoms with E-state index >= 15 is 0 Å². The number of carbonyl (C=O) groups excluding carboxylic acids is 1. The van der Waals surface area contributed by atoms with Gasteiger partial charge in [0.25, 0.3) is 5.91 Å². The van der Waals surface area contributed by atoms with E-state index in [4.69, 9.17) is 4.74 Å². The third-order valence-electron chi connectivity index (χ3n) is 4.89. The number of aliphatic imine (C=N–C) groups is 1. The molecule has 0 spiro atoms. The number of carbonyl (C=O) groups is 2. The molecule has 1 unspecified atom stereocenters. The normalized spacial score (nSPS) is 13.4. The summed E-state index contributed by atoms with van der Waals surface area (Å²) < 4.78 is 5.87. The molecule has 4 rings (SSSR count). The van der Waals surface area contributed by atoms with E-state index in [0.717, 1.165) is 24.7 Å². The van der Waals surface area contributed by atoms with E-state index in [1.165, 1.54) is 0 Å². The van der Waals surface area contributed by atoms with Gasteiger partial charge in [-0.3, -0.25) is 19.6 Å². The average molecular weight is 445 g/mol. The number of pyridine rings is 1. The van der Waals surface area contributed by atoms with Crippen LogP contribution in [0.25, 0.3) is 0 Å². The maximum Gasteiger partial charge on any atom is 0.307 e. The molecule has 1 aromatic heterocycles. The Hall–Kier alpha value is -4.40. The minimum absolute atomic E-state index is 0.196. The summed E-state index contributed by atoms with van der Waals surface area (Å²) in [5.74, 6) is -0.00212. The van der Waals surface area contributed by atoms with E-state index in [-0.39, 0.29) is 12.3 Å². The quantitative estimate of drug-likeness (QED) is 0.419. The first-order valence-electron chi connectivity index (χ1n) is 10.4. The molecule has 3 aromatic rings. The van der Waals surface area contributed by atoms with Crippen LogP contribution in [0.5, 0.6) is 5.75 Å². The molecule has 0 aliphatic carbocycles. The molecule has 0 saturated heterocycles. The van der Waals surface area contributed by atoms with Gasteiger partial charge in [0.05, 0.1) is 13.0 Å². The summed E-state index contributed by atoms with van der Waals surface area (Å²) in [6, 6.07) is 17.4. The molecule has 1 aliphatic heterocycles. The smallest absolute Gasteiger partial charge is 0.307 e. The zero-order valence-electron chi connectivity index (χ0n) is 17.7. The van der Waals surface area contributed by atoms with Gasteiger partial charge in [-0.05, 0) is 54.6 Å². The molecule has 0 bridgehead atoms. The Morgan fingerprint density at radius 2 is 1.82 bits per heavy atom. The largest absolute Gasteiger partial charge is 0.485 e. The molecule has 9 heteroatoms. The lowest BCUT2D eigenvalue weighted by Crippen LogP contribution is -2.26. The van der Waals surface area contributed by atoms with E-state index in [1.54, 1.807) is 60.9 Å². The topological polar surface area (TPSA) is 125 Å². The van der Waals surface area contributed by atoms with Crippen molar-refractivity contribution in [1.82, 2.24) is 10.3 Å². The molecule has 168 valence electrons. The Labute approximate surface area is 190 Å². The zero-order chi connectivity index (χ0) is 23.0. The number of nitrogens with one attached hydrogen (secondary N) is 3. The number of amides is 1. The van der Waals surface area contributed by atoms with Gasteiger partial charge in [0.15, 0.2) is 5.96 Å².